The molecule has 1 aromatic carbocycles. The van der Waals surface area contributed by atoms with E-state index in [1.54, 1.807) is 13.4 Å². The molecule has 1 aliphatic heterocycles. The first-order valence-electron chi connectivity index (χ1n) is 8.15. The number of aromatic nitrogens is 2. The summed E-state index contributed by atoms with van der Waals surface area (Å²) >= 11 is 0. The van der Waals surface area contributed by atoms with Crippen LogP contribution in [0.2, 0.25) is 0 Å². The Bertz CT molecular complexity index is 671. The highest BCUT2D eigenvalue weighted by Gasteiger charge is 2.29. The highest BCUT2D eigenvalue weighted by Crippen LogP contribution is 2.28. The number of methoxy groups -OCH3 is 1. The van der Waals surface area contributed by atoms with E-state index in [0.29, 0.717) is 6.61 Å². The fourth-order valence-electron chi connectivity index (χ4n) is 3.11. The number of amides is 1. The van der Waals surface area contributed by atoms with E-state index in [-0.39, 0.29) is 18.1 Å². The second-order valence-corrected chi connectivity index (χ2v) is 6.05. The van der Waals surface area contributed by atoms with Crippen LogP contribution in [-0.4, -0.2) is 35.2 Å². The van der Waals surface area contributed by atoms with Gasteiger partial charge in [-0.1, -0.05) is 30.3 Å². The summed E-state index contributed by atoms with van der Waals surface area (Å²) in [5.74, 6) is -0.112. The minimum absolute atomic E-state index is 0.0470. The molecule has 0 radical (unpaired) electrons. The van der Waals surface area contributed by atoms with Crippen molar-refractivity contribution in [2.24, 2.45) is 7.05 Å². The maximum absolute atomic E-state index is 12.6. The van der Waals surface area contributed by atoms with Crippen LogP contribution in [-0.2, 0) is 21.3 Å². The predicted molar refractivity (Wildman–Crippen MR) is 89.3 cm³/mol. The Labute approximate surface area is 141 Å². The molecule has 0 bridgehead atoms. The van der Waals surface area contributed by atoms with E-state index in [4.69, 9.17) is 9.47 Å². The van der Waals surface area contributed by atoms with Crippen molar-refractivity contribution in [1.29, 1.82) is 0 Å². The van der Waals surface area contributed by atoms with E-state index >= 15 is 0 Å². The molecule has 1 aromatic heterocycles. The number of nitrogens with one attached hydrogen (secondary N) is 1. The fraction of sp³-hybridized carbons (Fsp3) is 0.444. The summed E-state index contributed by atoms with van der Waals surface area (Å²) in [6, 6.07) is 9.59. The van der Waals surface area contributed by atoms with Gasteiger partial charge in [-0.15, -0.1) is 0 Å². The smallest absolute Gasteiger partial charge is 0.253 e. The molecule has 1 amide bonds. The number of benzene rings is 1. The van der Waals surface area contributed by atoms with Crippen LogP contribution in [0.15, 0.2) is 42.9 Å². The first-order chi connectivity index (χ1) is 11.7. The SMILES string of the molecule is CO[C@@H](C(=O)N[C@@H]1CCO[C@@H](c2cncn2C)C1)c1ccccc1. The second kappa shape index (κ2) is 7.59. The van der Waals surface area contributed by atoms with Gasteiger partial charge in [-0.2, -0.15) is 0 Å². The van der Waals surface area contributed by atoms with E-state index in [0.717, 1.165) is 24.1 Å². The fourth-order valence-corrected chi connectivity index (χ4v) is 3.11. The molecule has 3 atom stereocenters. The quantitative estimate of drug-likeness (QED) is 0.913. The number of carbonyl (C=O) groups excluding carboxylic acids is 1. The van der Waals surface area contributed by atoms with Gasteiger partial charge in [-0.3, -0.25) is 4.79 Å². The number of rotatable bonds is 5. The van der Waals surface area contributed by atoms with Crippen molar-refractivity contribution in [2.75, 3.05) is 13.7 Å². The average Bonchev–Trinajstić information content (AvgIpc) is 3.03. The Morgan fingerprint density at radius 1 is 1.42 bits per heavy atom. The Morgan fingerprint density at radius 2 is 2.21 bits per heavy atom. The van der Waals surface area contributed by atoms with Crippen LogP contribution in [0.4, 0.5) is 0 Å². The van der Waals surface area contributed by atoms with Gasteiger partial charge in [0.1, 0.15) is 6.10 Å². The maximum atomic E-state index is 12.6. The summed E-state index contributed by atoms with van der Waals surface area (Å²) in [4.78, 5) is 16.7. The normalized spacial score (nSPS) is 22.1. The molecule has 1 aliphatic rings. The van der Waals surface area contributed by atoms with Crippen LogP contribution in [0, 0.1) is 0 Å². The third-order valence-corrected chi connectivity index (χ3v) is 4.39. The third kappa shape index (κ3) is 3.66. The Kier molecular flexibility index (Phi) is 5.27. The topological polar surface area (TPSA) is 65.4 Å². The zero-order valence-electron chi connectivity index (χ0n) is 14.0. The van der Waals surface area contributed by atoms with E-state index in [1.165, 1.54) is 0 Å². The highest BCUT2D eigenvalue weighted by molar-refractivity contribution is 5.82. The Balaban J connectivity index is 1.64. The minimum Gasteiger partial charge on any atom is -0.372 e. The monoisotopic (exact) mass is 329 g/mol. The average molecular weight is 329 g/mol. The van der Waals surface area contributed by atoms with Crippen molar-refractivity contribution >= 4 is 5.91 Å². The Hall–Kier alpha value is -2.18. The molecule has 0 saturated carbocycles. The molecule has 6 heteroatoms. The predicted octanol–water partition coefficient (Wildman–Crippen LogP) is 2.14. The largest absolute Gasteiger partial charge is 0.372 e. The second-order valence-electron chi connectivity index (χ2n) is 6.05. The first kappa shape index (κ1) is 16.7. The van der Waals surface area contributed by atoms with Crippen LogP contribution in [0.3, 0.4) is 0 Å². The highest BCUT2D eigenvalue weighted by atomic mass is 16.5. The molecule has 2 heterocycles. The zero-order valence-corrected chi connectivity index (χ0v) is 14.0. The molecule has 6 nitrogen and oxygen atoms in total. The summed E-state index contributed by atoms with van der Waals surface area (Å²) in [5.41, 5.74) is 1.88. The summed E-state index contributed by atoms with van der Waals surface area (Å²) in [6.45, 7) is 0.615. The number of nitrogens with zero attached hydrogens (tertiary/aromatic N) is 2. The number of ether oxygens (including phenoxy) is 2. The van der Waals surface area contributed by atoms with E-state index in [9.17, 15) is 4.79 Å². The van der Waals surface area contributed by atoms with Gasteiger partial charge < -0.3 is 19.4 Å². The summed E-state index contributed by atoms with van der Waals surface area (Å²) < 4.78 is 13.2. The van der Waals surface area contributed by atoms with E-state index in [1.807, 2.05) is 48.1 Å². The molecule has 0 spiro atoms. The molecule has 24 heavy (non-hydrogen) atoms. The number of hydrogen-bond donors (Lipinski definition) is 1. The van der Waals surface area contributed by atoms with Crippen molar-refractivity contribution in [3.05, 3.63) is 54.1 Å². The number of carbonyl (C=O) groups is 1. The van der Waals surface area contributed by atoms with Crippen molar-refractivity contribution in [1.82, 2.24) is 14.9 Å². The first-order valence-corrected chi connectivity index (χ1v) is 8.15. The summed E-state index contributed by atoms with van der Waals surface area (Å²) in [7, 11) is 3.50. The number of hydrogen-bond acceptors (Lipinski definition) is 4. The maximum Gasteiger partial charge on any atom is 0.253 e. The number of imidazole rings is 1. The number of aryl methyl sites for hydroxylation is 1. The van der Waals surface area contributed by atoms with Crippen molar-refractivity contribution < 1.29 is 14.3 Å². The van der Waals surface area contributed by atoms with Gasteiger partial charge in [-0.25, -0.2) is 4.98 Å². The molecule has 3 rings (SSSR count). The lowest BCUT2D eigenvalue weighted by Crippen LogP contribution is -2.42. The molecular formula is C18H23N3O3. The van der Waals surface area contributed by atoms with Gasteiger partial charge >= 0.3 is 0 Å². The van der Waals surface area contributed by atoms with E-state index in [2.05, 4.69) is 10.3 Å². The van der Waals surface area contributed by atoms with Gasteiger partial charge in [0.2, 0.25) is 0 Å². The van der Waals surface area contributed by atoms with Gasteiger partial charge in [0.05, 0.1) is 18.2 Å². The molecule has 1 N–H and O–H groups in total. The molecule has 1 fully saturated rings. The van der Waals surface area contributed by atoms with Crippen molar-refractivity contribution in [2.45, 2.75) is 31.1 Å². The Morgan fingerprint density at radius 3 is 2.88 bits per heavy atom. The van der Waals surface area contributed by atoms with Crippen LogP contribution in [0.1, 0.15) is 36.3 Å². The third-order valence-electron chi connectivity index (χ3n) is 4.39. The lowest BCUT2D eigenvalue weighted by molar-refractivity contribution is -0.133. The van der Waals surface area contributed by atoms with Crippen LogP contribution >= 0.6 is 0 Å². The van der Waals surface area contributed by atoms with Gasteiger partial charge in [0.15, 0.2) is 6.10 Å². The van der Waals surface area contributed by atoms with Crippen molar-refractivity contribution in [3.8, 4) is 0 Å². The molecule has 2 aromatic rings. The minimum atomic E-state index is -0.593. The summed E-state index contributed by atoms with van der Waals surface area (Å²) in [5, 5.41) is 3.11. The summed E-state index contributed by atoms with van der Waals surface area (Å²) in [6.07, 6.45) is 4.47. The molecule has 0 unspecified atom stereocenters. The molecule has 0 aliphatic carbocycles. The van der Waals surface area contributed by atoms with E-state index < -0.39 is 6.10 Å². The van der Waals surface area contributed by atoms with Crippen LogP contribution < -0.4 is 5.32 Å². The zero-order chi connectivity index (χ0) is 16.9. The van der Waals surface area contributed by atoms with Crippen molar-refractivity contribution in [3.63, 3.8) is 0 Å². The van der Waals surface area contributed by atoms with Gasteiger partial charge in [-0.05, 0) is 18.4 Å². The standard InChI is InChI=1S/C18H23N3O3/c1-21-12-19-11-15(21)16-10-14(8-9-24-16)20-18(22)17(23-2)13-6-4-3-5-7-13/h3-7,11-12,14,16-17H,8-10H2,1-2H3,(H,20,22)/t14-,16-,17-/m1/s1. The lowest BCUT2D eigenvalue weighted by atomic mass is 10.00. The van der Waals surface area contributed by atoms with Crippen LogP contribution in [0.5, 0.6) is 0 Å². The van der Waals surface area contributed by atoms with Gasteiger partial charge in [0.25, 0.3) is 5.91 Å². The molecule has 1 saturated heterocycles. The van der Waals surface area contributed by atoms with Crippen LogP contribution in [0.25, 0.3) is 0 Å². The molecular weight excluding hydrogens is 306 g/mol. The van der Waals surface area contributed by atoms with Gasteiger partial charge in [0, 0.05) is 26.8 Å². The lowest BCUT2D eigenvalue weighted by Gasteiger charge is -2.31. The molecule has 128 valence electrons.